The van der Waals surface area contributed by atoms with E-state index in [4.69, 9.17) is 0 Å². The van der Waals surface area contributed by atoms with Gasteiger partial charge in [0.15, 0.2) is 0 Å². The molecule has 2 saturated carbocycles. The van der Waals surface area contributed by atoms with E-state index in [2.05, 4.69) is 27.5 Å². The van der Waals surface area contributed by atoms with E-state index in [9.17, 15) is 9.59 Å². The van der Waals surface area contributed by atoms with Crippen LogP contribution >= 0.6 is 0 Å². The minimum absolute atomic E-state index is 0.0575. The highest BCUT2D eigenvalue weighted by Gasteiger charge is 2.34. The molecule has 2 fully saturated rings. The molecule has 6 nitrogen and oxygen atoms in total. The van der Waals surface area contributed by atoms with Gasteiger partial charge >= 0.3 is 0 Å². The topological polar surface area (TPSA) is 86.9 Å². The Bertz CT molecular complexity index is 708. The summed E-state index contributed by atoms with van der Waals surface area (Å²) in [5.41, 5.74) is 1.02. The Kier molecular flexibility index (Phi) is 12.7. The van der Waals surface area contributed by atoms with E-state index in [1.54, 1.807) is 12.5 Å². The van der Waals surface area contributed by atoms with Gasteiger partial charge in [-0.05, 0) is 31.6 Å². The first kappa shape index (κ1) is 27.7. The molecule has 1 aromatic heterocycles. The van der Waals surface area contributed by atoms with Crippen LogP contribution in [0.4, 0.5) is 0 Å². The number of aromatic nitrogens is 2. The summed E-state index contributed by atoms with van der Waals surface area (Å²) in [5, 5.41) is 6.51. The van der Waals surface area contributed by atoms with E-state index in [1.165, 1.54) is 64.2 Å². The Balaban J connectivity index is 1.59. The van der Waals surface area contributed by atoms with Crippen molar-refractivity contribution in [1.82, 2.24) is 20.6 Å². The van der Waals surface area contributed by atoms with Gasteiger partial charge in [-0.15, -0.1) is 0 Å². The molecule has 0 bridgehead atoms. The Morgan fingerprint density at radius 2 is 1.63 bits per heavy atom. The van der Waals surface area contributed by atoms with Gasteiger partial charge in [0, 0.05) is 42.7 Å². The fourth-order valence-electron chi connectivity index (χ4n) is 6.16. The van der Waals surface area contributed by atoms with Gasteiger partial charge in [0.05, 0.1) is 6.33 Å². The molecule has 0 saturated heterocycles. The largest absolute Gasteiger partial charge is 0.355 e. The lowest BCUT2D eigenvalue weighted by molar-refractivity contribution is -0.136. The van der Waals surface area contributed by atoms with Gasteiger partial charge in [-0.25, -0.2) is 4.98 Å². The Morgan fingerprint density at radius 1 is 0.943 bits per heavy atom. The van der Waals surface area contributed by atoms with Gasteiger partial charge in [-0.3, -0.25) is 9.59 Å². The molecule has 0 aliphatic heterocycles. The van der Waals surface area contributed by atoms with Crippen LogP contribution in [0, 0.1) is 17.8 Å². The lowest BCUT2D eigenvalue weighted by atomic mass is 9.81. The third-order valence-electron chi connectivity index (χ3n) is 8.33. The molecule has 0 aromatic carbocycles. The molecular weight excluding hydrogens is 436 g/mol. The molecule has 3 rings (SSSR count). The highest BCUT2D eigenvalue weighted by molar-refractivity contribution is 5.87. The minimum atomic E-state index is -0.238. The number of nitrogens with zero attached hydrogens (tertiary/aromatic N) is 1. The number of carbonyl (C=O) groups excluding carboxylic acids is 2. The first-order valence-corrected chi connectivity index (χ1v) is 14.7. The monoisotopic (exact) mass is 486 g/mol. The van der Waals surface area contributed by atoms with Crippen LogP contribution in [0.5, 0.6) is 0 Å². The van der Waals surface area contributed by atoms with Crippen molar-refractivity contribution in [2.24, 2.45) is 17.8 Å². The van der Waals surface area contributed by atoms with Crippen LogP contribution in [-0.4, -0.2) is 34.4 Å². The Morgan fingerprint density at radius 3 is 2.31 bits per heavy atom. The maximum atomic E-state index is 13.5. The van der Waals surface area contributed by atoms with Crippen molar-refractivity contribution < 1.29 is 9.59 Å². The summed E-state index contributed by atoms with van der Waals surface area (Å²) in [4.78, 5) is 34.1. The lowest BCUT2D eigenvalue weighted by Gasteiger charge is -2.30. The highest BCUT2D eigenvalue weighted by atomic mass is 16.2. The smallest absolute Gasteiger partial charge is 0.224 e. The van der Waals surface area contributed by atoms with Gasteiger partial charge in [0.1, 0.15) is 0 Å². The average molecular weight is 487 g/mol. The van der Waals surface area contributed by atoms with Crippen LogP contribution in [-0.2, 0) is 16.0 Å². The van der Waals surface area contributed by atoms with E-state index in [0.717, 1.165) is 63.0 Å². The number of hydrogen-bond acceptors (Lipinski definition) is 3. The van der Waals surface area contributed by atoms with E-state index in [0.29, 0.717) is 6.54 Å². The van der Waals surface area contributed by atoms with E-state index < -0.39 is 0 Å². The molecule has 2 unspecified atom stereocenters. The zero-order chi connectivity index (χ0) is 24.7. The molecule has 3 N–H and O–H groups in total. The van der Waals surface area contributed by atoms with Gasteiger partial charge in [0.2, 0.25) is 11.8 Å². The van der Waals surface area contributed by atoms with Crippen molar-refractivity contribution in [2.45, 2.75) is 129 Å². The fourth-order valence-corrected chi connectivity index (χ4v) is 6.16. The van der Waals surface area contributed by atoms with E-state index in [1.807, 2.05) is 0 Å². The molecule has 2 aliphatic rings. The normalized spacial score (nSPS) is 19.2. The fraction of sp³-hybridized carbons (Fsp3) is 0.828. The van der Waals surface area contributed by atoms with Crippen molar-refractivity contribution in [3.8, 4) is 0 Å². The number of aromatic amines is 1. The summed E-state index contributed by atoms with van der Waals surface area (Å²) in [6, 6.07) is 0.288. The second kappa shape index (κ2) is 16.0. The molecule has 1 heterocycles. The van der Waals surface area contributed by atoms with Gasteiger partial charge in [0.25, 0.3) is 0 Å². The number of nitrogens with one attached hydrogen (secondary N) is 3. The number of unbranched alkanes of at least 4 members (excludes halogenated alkanes) is 2. The number of imidazole rings is 1. The first-order chi connectivity index (χ1) is 17.2. The SMILES string of the molecule is CCCCC(C(=O)NC1CCCCC1)C(CCCCC1CCCCC1)C(=O)NCCc1cnc[nH]1. The Hall–Kier alpha value is -1.85. The maximum Gasteiger partial charge on any atom is 0.224 e. The van der Waals surface area contributed by atoms with Gasteiger partial charge < -0.3 is 15.6 Å². The number of rotatable bonds is 15. The molecule has 2 atom stereocenters. The Labute approximate surface area is 213 Å². The molecular formula is C29H50N4O2. The number of carbonyl (C=O) groups is 2. The molecule has 2 amide bonds. The highest BCUT2D eigenvalue weighted by Crippen LogP contribution is 2.30. The van der Waals surface area contributed by atoms with Gasteiger partial charge in [-0.1, -0.05) is 90.4 Å². The predicted octanol–water partition coefficient (Wildman–Crippen LogP) is 6.08. The predicted molar refractivity (Wildman–Crippen MR) is 142 cm³/mol. The van der Waals surface area contributed by atoms with Crippen molar-refractivity contribution >= 4 is 11.8 Å². The quantitative estimate of drug-likeness (QED) is 0.263. The van der Waals surface area contributed by atoms with Crippen LogP contribution in [0.1, 0.15) is 122 Å². The van der Waals surface area contributed by atoms with Crippen molar-refractivity contribution in [3.63, 3.8) is 0 Å². The summed E-state index contributed by atoms with van der Waals surface area (Å²) < 4.78 is 0. The molecule has 2 aliphatic carbocycles. The van der Waals surface area contributed by atoms with Crippen molar-refractivity contribution in [3.05, 3.63) is 18.2 Å². The molecule has 0 radical (unpaired) electrons. The summed E-state index contributed by atoms with van der Waals surface area (Å²) in [6.45, 7) is 2.74. The summed E-state index contributed by atoms with van der Waals surface area (Å²) in [6.07, 6.45) is 24.1. The van der Waals surface area contributed by atoms with Crippen molar-refractivity contribution in [1.29, 1.82) is 0 Å². The molecule has 1 aromatic rings. The van der Waals surface area contributed by atoms with Crippen LogP contribution in [0.2, 0.25) is 0 Å². The second-order valence-electron chi connectivity index (χ2n) is 11.1. The molecule has 198 valence electrons. The van der Waals surface area contributed by atoms with Crippen molar-refractivity contribution in [2.75, 3.05) is 6.54 Å². The van der Waals surface area contributed by atoms with E-state index in [-0.39, 0.29) is 29.7 Å². The van der Waals surface area contributed by atoms with Crippen LogP contribution in [0.3, 0.4) is 0 Å². The zero-order valence-electron chi connectivity index (χ0n) is 22.2. The molecule has 35 heavy (non-hydrogen) atoms. The first-order valence-electron chi connectivity index (χ1n) is 14.7. The number of hydrogen-bond donors (Lipinski definition) is 3. The lowest BCUT2D eigenvalue weighted by Crippen LogP contribution is -2.46. The number of H-pyrrole nitrogens is 1. The second-order valence-corrected chi connectivity index (χ2v) is 11.1. The summed E-state index contributed by atoms with van der Waals surface area (Å²) in [7, 11) is 0. The molecule has 6 heteroatoms. The standard InChI is InChI=1S/C29H50N4O2/c1-2-3-17-27(29(35)33-24-15-8-5-9-16-24)26(18-11-10-14-23-12-6-4-7-13-23)28(34)31-20-19-25-21-30-22-32-25/h21-24,26-27H,2-20H2,1H3,(H,30,32)(H,31,34)(H,33,35). The minimum Gasteiger partial charge on any atom is -0.355 e. The maximum absolute atomic E-state index is 13.5. The van der Waals surface area contributed by atoms with Crippen LogP contribution < -0.4 is 10.6 Å². The van der Waals surface area contributed by atoms with E-state index >= 15 is 0 Å². The summed E-state index contributed by atoms with van der Waals surface area (Å²) in [5.74, 6) is 0.585. The number of amides is 2. The van der Waals surface area contributed by atoms with Crippen LogP contribution in [0.25, 0.3) is 0 Å². The zero-order valence-corrected chi connectivity index (χ0v) is 22.2. The van der Waals surface area contributed by atoms with Crippen LogP contribution in [0.15, 0.2) is 12.5 Å². The van der Waals surface area contributed by atoms with Gasteiger partial charge in [-0.2, -0.15) is 0 Å². The summed E-state index contributed by atoms with van der Waals surface area (Å²) >= 11 is 0. The third-order valence-corrected chi connectivity index (χ3v) is 8.33. The third kappa shape index (κ3) is 9.97. The molecule has 0 spiro atoms. The average Bonchev–Trinajstić information content (AvgIpc) is 3.40.